The molecule has 1 aromatic carbocycles. The molecule has 2 N–H and O–H groups in total. The molecule has 2 rings (SSSR count). The number of carboxylic acid groups (broad SMARTS) is 1. The van der Waals surface area contributed by atoms with Crippen LogP contribution in [0.5, 0.6) is 0 Å². The van der Waals surface area contributed by atoms with E-state index in [2.05, 4.69) is 11.1 Å². The van der Waals surface area contributed by atoms with Crippen LogP contribution in [0.4, 0.5) is 0 Å². The van der Waals surface area contributed by atoms with Crippen molar-refractivity contribution in [3.63, 3.8) is 0 Å². The smallest absolute Gasteiger partial charge is 0.309 e. The van der Waals surface area contributed by atoms with Gasteiger partial charge in [-0.3, -0.25) is 4.79 Å². The fraction of sp³-hybridized carbons (Fsp3) is 0.250. The number of aryl methyl sites for hydroxylation is 2. The van der Waals surface area contributed by atoms with E-state index in [-0.39, 0.29) is 6.42 Å². The summed E-state index contributed by atoms with van der Waals surface area (Å²) in [6.07, 6.45) is 0.0492. The molecule has 0 radical (unpaired) electrons. The number of H-pyrrole nitrogens is 1. The van der Waals surface area contributed by atoms with Crippen molar-refractivity contribution in [3.05, 3.63) is 35.0 Å². The number of benzene rings is 1. The van der Waals surface area contributed by atoms with Crippen molar-refractivity contribution in [2.24, 2.45) is 0 Å². The van der Waals surface area contributed by atoms with E-state index in [0.29, 0.717) is 0 Å². The van der Waals surface area contributed by atoms with Crippen LogP contribution in [0.15, 0.2) is 18.2 Å². The molecular weight excluding hydrogens is 190 g/mol. The highest BCUT2D eigenvalue weighted by molar-refractivity contribution is 5.87. The van der Waals surface area contributed by atoms with Gasteiger partial charge in [-0.2, -0.15) is 0 Å². The number of hydrogen-bond acceptors (Lipinski definition) is 1. The Bertz CT molecular complexity index is 487. The number of nitrogens with one attached hydrogen (secondary N) is 1. The number of aliphatic carboxylic acids is 1. The molecule has 0 saturated carbocycles. The minimum atomic E-state index is -0.808. The van der Waals surface area contributed by atoms with E-state index in [1.807, 2.05) is 26.0 Å². The zero-order chi connectivity index (χ0) is 11.0. The van der Waals surface area contributed by atoms with Crippen LogP contribution in [0.3, 0.4) is 0 Å². The molecule has 15 heavy (non-hydrogen) atoms. The number of hydrogen-bond donors (Lipinski definition) is 2. The summed E-state index contributed by atoms with van der Waals surface area (Å²) in [5.74, 6) is -0.808. The molecule has 3 nitrogen and oxygen atoms in total. The highest BCUT2D eigenvalue weighted by atomic mass is 16.4. The summed E-state index contributed by atoms with van der Waals surface area (Å²) in [5.41, 5.74) is 4.12. The summed E-state index contributed by atoms with van der Waals surface area (Å²) >= 11 is 0. The molecule has 3 heteroatoms. The first-order chi connectivity index (χ1) is 7.08. The van der Waals surface area contributed by atoms with E-state index in [9.17, 15) is 4.79 Å². The van der Waals surface area contributed by atoms with Gasteiger partial charge < -0.3 is 10.1 Å². The first-order valence-electron chi connectivity index (χ1n) is 4.87. The van der Waals surface area contributed by atoms with E-state index >= 15 is 0 Å². The van der Waals surface area contributed by atoms with Gasteiger partial charge in [0.15, 0.2) is 0 Å². The average Bonchev–Trinajstić information content (AvgIpc) is 2.55. The maximum atomic E-state index is 10.6. The van der Waals surface area contributed by atoms with Gasteiger partial charge in [-0.25, -0.2) is 0 Å². The summed E-state index contributed by atoms with van der Waals surface area (Å²) in [5, 5.41) is 9.83. The third kappa shape index (κ3) is 1.73. The molecule has 0 unspecified atom stereocenters. The van der Waals surface area contributed by atoms with Crippen LogP contribution in [0, 0.1) is 13.8 Å². The number of aromatic amines is 1. The molecule has 0 fully saturated rings. The Balaban J connectivity index is 2.59. The topological polar surface area (TPSA) is 53.1 Å². The molecule has 0 spiro atoms. The second-order valence-corrected chi connectivity index (χ2v) is 3.85. The normalized spacial score (nSPS) is 10.8. The van der Waals surface area contributed by atoms with Gasteiger partial charge >= 0.3 is 5.97 Å². The molecule has 1 aromatic heterocycles. The Labute approximate surface area is 87.7 Å². The first kappa shape index (κ1) is 9.77. The van der Waals surface area contributed by atoms with E-state index in [0.717, 1.165) is 22.2 Å². The van der Waals surface area contributed by atoms with Crippen LogP contribution in [0.25, 0.3) is 10.9 Å². The highest BCUT2D eigenvalue weighted by Crippen LogP contribution is 2.22. The van der Waals surface area contributed by atoms with Crippen LogP contribution in [-0.2, 0) is 11.2 Å². The molecule has 78 valence electrons. The van der Waals surface area contributed by atoms with Gasteiger partial charge in [0.1, 0.15) is 0 Å². The zero-order valence-electron chi connectivity index (χ0n) is 8.79. The molecule has 2 aromatic rings. The van der Waals surface area contributed by atoms with Crippen LogP contribution in [0.1, 0.15) is 16.8 Å². The van der Waals surface area contributed by atoms with Gasteiger partial charge in [-0.05, 0) is 31.0 Å². The van der Waals surface area contributed by atoms with Crippen molar-refractivity contribution in [1.29, 1.82) is 0 Å². The fourth-order valence-electron chi connectivity index (χ4n) is 1.81. The lowest BCUT2D eigenvalue weighted by atomic mass is 10.1. The predicted molar refractivity (Wildman–Crippen MR) is 59.1 cm³/mol. The van der Waals surface area contributed by atoms with Gasteiger partial charge in [0, 0.05) is 16.6 Å². The first-order valence-corrected chi connectivity index (χ1v) is 4.87. The van der Waals surface area contributed by atoms with E-state index < -0.39 is 5.97 Å². The molecule has 0 aliphatic rings. The van der Waals surface area contributed by atoms with E-state index in [1.165, 1.54) is 5.56 Å². The lowest BCUT2D eigenvalue weighted by molar-refractivity contribution is -0.136. The van der Waals surface area contributed by atoms with Crippen LogP contribution in [0.2, 0.25) is 0 Å². The fourth-order valence-corrected chi connectivity index (χ4v) is 1.81. The quantitative estimate of drug-likeness (QED) is 0.787. The highest BCUT2D eigenvalue weighted by Gasteiger charge is 2.07. The minimum Gasteiger partial charge on any atom is -0.481 e. The lowest BCUT2D eigenvalue weighted by Crippen LogP contribution is -1.99. The van der Waals surface area contributed by atoms with E-state index in [1.54, 1.807) is 0 Å². The molecular formula is C12H13NO2. The van der Waals surface area contributed by atoms with Crippen LogP contribution in [-0.4, -0.2) is 16.1 Å². The van der Waals surface area contributed by atoms with Gasteiger partial charge in [0.2, 0.25) is 0 Å². The van der Waals surface area contributed by atoms with Gasteiger partial charge in [-0.15, -0.1) is 0 Å². The maximum absolute atomic E-state index is 10.6. The Morgan fingerprint density at radius 3 is 2.60 bits per heavy atom. The van der Waals surface area contributed by atoms with Crippen molar-refractivity contribution in [1.82, 2.24) is 4.98 Å². The molecule has 0 atom stereocenters. The molecule has 0 amide bonds. The summed E-state index contributed by atoms with van der Waals surface area (Å²) in [6.45, 7) is 4.04. The summed E-state index contributed by atoms with van der Waals surface area (Å²) < 4.78 is 0. The van der Waals surface area contributed by atoms with Gasteiger partial charge in [0.25, 0.3) is 0 Å². The van der Waals surface area contributed by atoms with E-state index in [4.69, 9.17) is 5.11 Å². The van der Waals surface area contributed by atoms with Crippen molar-refractivity contribution in [2.45, 2.75) is 20.3 Å². The van der Waals surface area contributed by atoms with Crippen LogP contribution < -0.4 is 0 Å². The predicted octanol–water partition coefficient (Wildman–Crippen LogP) is 2.41. The van der Waals surface area contributed by atoms with Crippen molar-refractivity contribution >= 4 is 16.9 Å². The third-order valence-corrected chi connectivity index (χ3v) is 2.62. The number of fused-ring (bicyclic) bond motifs is 1. The SMILES string of the molecule is Cc1ccc(C)c2[nH]c(CC(=O)O)cc12. The molecule has 0 aliphatic carbocycles. The maximum Gasteiger partial charge on any atom is 0.309 e. The number of aromatic nitrogens is 1. The Morgan fingerprint density at radius 1 is 1.33 bits per heavy atom. The standard InChI is InChI=1S/C12H13NO2/c1-7-3-4-8(2)12-10(7)5-9(13-12)6-11(14)15/h3-5,13H,6H2,1-2H3,(H,14,15). The number of carbonyl (C=O) groups is 1. The minimum absolute atomic E-state index is 0.0492. The number of carboxylic acids is 1. The Hall–Kier alpha value is -1.77. The molecule has 0 aliphatic heterocycles. The van der Waals surface area contributed by atoms with Crippen LogP contribution >= 0.6 is 0 Å². The second-order valence-electron chi connectivity index (χ2n) is 3.85. The molecule has 1 heterocycles. The summed E-state index contributed by atoms with van der Waals surface area (Å²) in [6, 6.07) is 6.01. The zero-order valence-corrected chi connectivity index (χ0v) is 8.79. The van der Waals surface area contributed by atoms with Crippen molar-refractivity contribution in [3.8, 4) is 0 Å². The monoisotopic (exact) mass is 203 g/mol. The molecule has 0 bridgehead atoms. The van der Waals surface area contributed by atoms with Gasteiger partial charge in [0.05, 0.1) is 6.42 Å². The van der Waals surface area contributed by atoms with Crippen molar-refractivity contribution < 1.29 is 9.90 Å². The lowest BCUT2D eigenvalue weighted by Gasteiger charge is -1.98. The molecule has 0 saturated heterocycles. The number of rotatable bonds is 2. The van der Waals surface area contributed by atoms with Gasteiger partial charge in [-0.1, -0.05) is 12.1 Å². The summed E-state index contributed by atoms with van der Waals surface area (Å²) in [7, 11) is 0. The Kier molecular flexibility index (Phi) is 2.23. The average molecular weight is 203 g/mol. The summed E-state index contributed by atoms with van der Waals surface area (Å²) in [4.78, 5) is 13.8. The van der Waals surface area contributed by atoms with Crippen molar-refractivity contribution in [2.75, 3.05) is 0 Å². The largest absolute Gasteiger partial charge is 0.481 e. The Morgan fingerprint density at radius 2 is 2.00 bits per heavy atom. The second kappa shape index (κ2) is 3.42. The third-order valence-electron chi connectivity index (χ3n) is 2.62.